The van der Waals surface area contributed by atoms with Crippen molar-refractivity contribution in [1.82, 2.24) is 5.32 Å². The fourth-order valence-corrected chi connectivity index (χ4v) is 3.97. The van der Waals surface area contributed by atoms with Gasteiger partial charge < -0.3 is 25.6 Å². The summed E-state index contributed by atoms with van der Waals surface area (Å²) in [6.45, 7) is 2.26. The third kappa shape index (κ3) is 5.13. The summed E-state index contributed by atoms with van der Waals surface area (Å²) in [5.74, 6) is -0.759. The smallest absolute Gasteiger partial charge is 0.338 e. The molecule has 3 aromatic carbocycles. The molecule has 4 rings (SSSR count). The van der Waals surface area contributed by atoms with Gasteiger partial charge in [-0.25, -0.2) is 4.79 Å². The lowest BCUT2D eigenvalue weighted by atomic mass is 9.99. The molecule has 1 aliphatic rings. The Labute approximate surface area is 210 Å². The molecule has 0 aromatic heterocycles. The van der Waals surface area contributed by atoms with E-state index in [1.807, 2.05) is 54.6 Å². The Balaban J connectivity index is 1.72. The van der Waals surface area contributed by atoms with E-state index in [0.717, 1.165) is 16.9 Å². The van der Waals surface area contributed by atoms with Crippen LogP contribution >= 0.6 is 0 Å². The van der Waals surface area contributed by atoms with E-state index in [1.54, 1.807) is 44.1 Å². The van der Waals surface area contributed by atoms with E-state index < -0.39 is 5.97 Å². The van der Waals surface area contributed by atoms with Crippen LogP contribution in [0, 0.1) is 0 Å². The van der Waals surface area contributed by atoms with Crippen LogP contribution < -0.4 is 20.9 Å². The van der Waals surface area contributed by atoms with Gasteiger partial charge in [-0.05, 0) is 55.9 Å². The van der Waals surface area contributed by atoms with Gasteiger partial charge in [0.25, 0.3) is 5.91 Å². The molecular formula is C28H28N4O4. The molecule has 2 amide bonds. The van der Waals surface area contributed by atoms with Gasteiger partial charge in [0.1, 0.15) is 0 Å². The zero-order chi connectivity index (χ0) is 25.7. The summed E-state index contributed by atoms with van der Waals surface area (Å²) in [5.41, 5.74) is 5.05. The maximum atomic E-state index is 13.1. The van der Waals surface area contributed by atoms with Gasteiger partial charge in [0.15, 0.2) is 0 Å². The second kappa shape index (κ2) is 10.9. The third-order valence-electron chi connectivity index (χ3n) is 5.81. The molecule has 0 bridgehead atoms. The van der Waals surface area contributed by atoms with Gasteiger partial charge in [0.05, 0.1) is 35.7 Å². The molecule has 0 radical (unpaired) electrons. The summed E-state index contributed by atoms with van der Waals surface area (Å²) < 4.78 is 5.09. The van der Waals surface area contributed by atoms with E-state index >= 15 is 0 Å². The Morgan fingerprint density at radius 3 is 2.36 bits per heavy atom. The zero-order valence-corrected chi connectivity index (χ0v) is 20.4. The fraction of sp³-hybridized carbons (Fsp3) is 0.179. The molecule has 0 atom stereocenters. The number of rotatable bonds is 8. The number of amides is 2. The molecule has 36 heavy (non-hydrogen) atoms. The largest absolute Gasteiger partial charge is 0.462 e. The Hall–Kier alpha value is -4.43. The SMILES string of the molecule is CCOC(=O)c1ccc2c(c1)NC(=O)C2=C(Nc1ccc(N(C)C(=O)CNC)cc1)c1ccccc1. The van der Waals surface area contributed by atoms with Gasteiger partial charge >= 0.3 is 5.97 Å². The van der Waals surface area contributed by atoms with Crippen molar-refractivity contribution in [3.8, 4) is 0 Å². The van der Waals surface area contributed by atoms with Gasteiger partial charge in [-0.15, -0.1) is 0 Å². The zero-order valence-electron chi connectivity index (χ0n) is 20.4. The van der Waals surface area contributed by atoms with Crippen molar-refractivity contribution in [3.63, 3.8) is 0 Å². The lowest BCUT2D eigenvalue weighted by molar-refractivity contribution is -0.117. The molecule has 8 nitrogen and oxygen atoms in total. The first-order chi connectivity index (χ1) is 17.4. The first kappa shape index (κ1) is 24.7. The van der Waals surface area contributed by atoms with E-state index in [4.69, 9.17) is 4.74 Å². The normalized spacial score (nSPS) is 13.5. The fourth-order valence-electron chi connectivity index (χ4n) is 3.97. The predicted octanol–water partition coefficient (Wildman–Crippen LogP) is 3.98. The van der Waals surface area contributed by atoms with Crippen LogP contribution in [0.3, 0.4) is 0 Å². The number of carbonyl (C=O) groups is 3. The quantitative estimate of drug-likeness (QED) is 0.330. The number of carbonyl (C=O) groups excluding carboxylic acids is 3. The maximum absolute atomic E-state index is 13.1. The Morgan fingerprint density at radius 1 is 0.972 bits per heavy atom. The molecule has 1 aliphatic heterocycles. The van der Waals surface area contributed by atoms with E-state index in [-0.39, 0.29) is 25.0 Å². The first-order valence-corrected chi connectivity index (χ1v) is 11.6. The Kier molecular flexibility index (Phi) is 7.46. The minimum atomic E-state index is -0.438. The topological polar surface area (TPSA) is 99.8 Å². The van der Waals surface area contributed by atoms with Crippen LogP contribution in [0.15, 0.2) is 72.8 Å². The highest BCUT2D eigenvalue weighted by atomic mass is 16.5. The maximum Gasteiger partial charge on any atom is 0.338 e. The summed E-state index contributed by atoms with van der Waals surface area (Å²) in [5, 5.41) is 9.13. The summed E-state index contributed by atoms with van der Waals surface area (Å²) in [4.78, 5) is 39.1. The molecule has 0 saturated carbocycles. The molecule has 184 valence electrons. The molecule has 0 saturated heterocycles. The van der Waals surface area contributed by atoms with Crippen LogP contribution in [0.25, 0.3) is 11.3 Å². The summed E-state index contributed by atoms with van der Waals surface area (Å²) >= 11 is 0. The average molecular weight is 485 g/mol. The van der Waals surface area contributed by atoms with Crippen LogP contribution in [0.5, 0.6) is 0 Å². The van der Waals surface area contributed by atoms with Crippen LogP contribution in [0.4, 0.5) is 17.1 Å². The summed E-state index contributed by atoms with van der Waals surface area (Å²) in [7, 11) is 3.45. The second-order valence-electron chi connectivity index (χ2n) is 8.21. The van der Waals surface area contributed by atoms with Crippen molar-refractivity contribution in [2.75, 3.05) is 42.8 Å². The van der Waals surface area contributed by atoms with Crippen LogP contribution in [-0.2, 0) is 14.3 Å². The molecule has 3 N–H and O–H groups in total. The second-order valence-corrected chi connectivity index (χ2v) is 8.21. The monoisotopic (exact) mass is 484 g/mol. The molecule has 0 aliphatic carbocycles. The van der Waals surface area contributed by atoms with E-state index in [9.17, 15) is 14.4 Å². The van der Waals surface area contributed by atoms with Crippen LogP contribution in [0.2, 0.25) is 0 Å². The number of hydrogen-bond donors (Lipinski definition) is 3. The van der Waals surface area contributed by atoms with Crippen molar-refractivity contribution in [2.24, 2.45) is 0 Å². The van der Waals surface area contributed by atoms with E-state index in [2.05, 4.69) is 16.0 Å². The molecule has 1 heterocycles. The van der Waals surface area contributed by atoms with E-state index in [0.29, 0.717) is 28.1 Å². The van der Waals surface area contributed by atoms with Gasteiger partial charge in [0.2, 0.25) is 5.91 Å². The number of ether oxygens (including phenoxy) is 1. The van der Waals surface area contributed by atoms with Gasteiger partial charge in [-0.3, -0.25) is 9.59 Å². The highest BCUT2D eigenvalue weighted by Gasteiger charge is 2.29. The van der Waals surface area contributed by atoms with Gasteiger partial charge in [-0.2, -0.15) is 0 Å². The molecule has 0 spiro atoms. The van der Waals surface area contributed by atoms with Crippen molar-refractivity contribution in [3.05, 3.63) is 89.5 Å². The number of benzene rings is 3. The van der Waals surface area contributed by atoms with Crippen LogP contribution in [0.1, 0.15) is 28.4 Å². The average Bonchev–Trinajstić information content (AvgIpc) is 3.22. The number of hydrogen-bond acceptors (Lipinski definition) is 6. The molecule has 8 heteroatoms. The number of fused-ring (bicyclic) bond motifs is 1. The minimum absolute atomic E-state index is 0.0493. The highest BCUT2D eigenvalue weighted by Crippen LogP contribution is 2.38. The first-order valence-electron chi connectivity index (χ1n) is 11.6. The number of nitrogens with one attached hydrogen (secondary N) is 3. The van der Waals surface area contributed by atoms with Crippen LogP contribution in [-0.4, -0.2) is 45.0 Å². The van der Waals surface area contributed by atoms with Crippen molar-refractivity contribution < 1.29 is 19.1 Å². The highest BCUT2D eigenvalue weighted by molar-refractivity contribution is 6.37. The predicted molar refractivity (Wildman–Crippen MR) is 142 cm³/mol. The summed E-state index contributed by atoms with van der Waals surface area (Å²) in [6, 6.07) is 22.0. The Morgan fingerprint density at radius 2 is 1.69 bits per heavy atom. The Bertz CT molecular complexity index is 1320. The third-order valence-corrected chi connectivity index (χ3v) is 5.81. The van der Waals surface area contributed by atoms with Crippen molar-refractivity contribution in [2.45, 2.75) is 6.92 Å². The number of anilines is 3. The molecule has 0 fully saturated rings. The standard InChI is InChI=1S/C28H28N4O4/c1-4-36-28(35)19-10-15-22-23(16-19)31-27(34)25(22)26(18-8-6-5-7-9-18)30-20-11-13-21(14-12-20)32(3)24(33)17-29-2/h5-16,29-30H,4,17H2,1-3H3,(H,31,34). The number of likely N-dealkylation sites (N-methyl/N-ethyl adjacent to an activating group) is 2. The minimum Gasteiger partial charge on any atom is -0.462 e. The molecular weight excluding hydrogens is 456 g/mol. The lowest BCUT2D eigenvalue weighted by Crippen LogP contribution is -2.34. The van der Waals surface area contributed by atoms with Crippen molar-refractivity contribution >= 4 is 46.1 Å². The van der Waals surface area contributed by atoms with E-state index in [1.165, 1.54) is 0 Å². The van der Waals surface area contributed by atoms with Crippen molar-refractivity contribution in [1.29, 1.82) is 0 Å². The molecule has 0 unspecified atom stereocenters. The van der Waals surface area contributed by atoms with Gasteiger partial charge in [-0.1, -0.05) is 36.4 Å². The lowest BCUT2D eigenvalue weighted by Gasteiger charge is -2.19. The number of esters is 1. The van der Waals surface area contributed by atoms with Gasteiger partial charge in [0, 0.05) is 24.0 Å². The summed E-state index contributed by atoms with van der Waals surface area (Å²) in [6.07, 6.45) is 0. The molecule has 3 aromatic rings. The number of nitrogens with zero attached hydrogens (tertiary/aromatic N) is 1.